The van der Waals surface area contributed by atoms with E-state index in [2.05, 4.69) is 10.3 Å². The first kappa shape index (κ1) is 15.8. The second kappa shape index (κ2) is 6.59. The number of amides is 1. The standard InChI is InChI=1S/C17H11FN2O3S/c18-12-5-1-10(2-6-12)15(21)19-13-7-3-11(4-8-13)16-20-14(9-24-16)17(22)23/h1-9H,(H,19,21)(H,22,23). The Morgan fingerprint density at radius 3 is 2.29 bits per heavy atom. The third-order valence-electron chi connectivity index (χ3n) is 3.22. The van der Waals surface area contributed by atoms with E-state index in [1.165, 1.54) is 41.0 Å². The van der Waals surface area contributed by atoms with E-state index in [1.54, 1.807) is 24.3 Å². The molecule has 0 atom stereocenters. The van der Waals surface area contributed by atoms with Gasteiger partial charge in [0.2, 0.25) is 0 Å². The predicted octanol–water partition coefficient (Wildman–Crippen LogP) is 3.90. The van der Waals surface area contributed by atoms with Crippen LogP contribution < -0.4 is 5.32 Å². The van der Waals surface area contributed by atoms with Crippen molar-refractivity contribution in [3.63, 3.8) is 0 Å². The molecule has 5 nitrogen and oxygen atoms in total. The maximum Gasteiger partial charge on any atom is 0.355 e. The highest BCUT2D eigenvalue weighted by Gasteiger charge is 2.11. The first-order valence-corrected chi connectivity index (χ1v) is 7.77. The third kappa shape index (κ3) is 3.47. The van der Waals surface area contributed by atoms with E-state index in [9.17, 15) is 14.0 Å². The minimum atomic E-state index is -1.07. The van der Waals surface area contributed by atoms with Gasteiger partial charge in [0.1, 0.15) is 10.8 Å². The number of thiazole rings is 1. The highest BCUT2D eigenvalue weighted by molar-refractivity contribution is 7.13. The number of benzene rings is 2. The molecule has 1 amide bonds. The average Bonchev–Trinajstić information content (AvgIpc) is 3.06. The summed E-state index contributed by atoms with van der Waals surface area (Å²) in [7, 11) is 0. The van der Waals surface area contributed by atoms with Crippen LogP contribution >= 0.6 is 11.3 Å². The van der Waals surface area contributed by atoms with E-state index in [-0.39, 0.29) is 11.6 Å². The number of hydrogen-bond acceptors (Lipinski definition) is 4. The number of aromatic carboxylic acids is 1. The molecule has 0 unspecified atom stereocenters. The van der Waals surface area contributed by atoms with Crippen molar-refractivity contribution in [2.75, 3.05) is 5.32 Å². The van der Waals surface area contributed by atoms with E-state index in [0.717, 1.165) is 5.56 Å². The van der Waals surface area contributed by atoms with Gasteiger partial charge in [-0.15, -0.1) is 11.3 Å². The minimum absolute atomic E-state index is 0.00342. The molecule has 0 aliphatic carbocycles. The average molecular weight is 342 g/mol. The van der Waals surface area contributed by atoms with Gasteiger partial charge in [-0.25, -0.2) is 14.2 Å². The zero-order valence-corrected chi connectivity index (χ0v) is 13.0. The molecule has 0 aliphatic heterocycles. The van der Waals surface area contributed by atoms with Crippen LogP contribution in [0.1, 0.15) is 20.8 Å². The lowest BCUT2D eigenvalue weighted by atomic mass is 10.2. The Kier molecular flexibility index (Phi) is 4.35. The van der Waals surface area contributed by atoms with Crippen molar-refractivity contribution >= 4 is 28.9 Å². The number of anilines is 1. The van der Waals surface area contributed by atoms with Crippen LogP contribution in [0.3, 0.4) is 0 Å². The van der Waals surface area contributed by atoms with Crippen LogP contribution in [0.25, 0.3) is 10.6 Å². The Bertz CT molecular complexity index is 889. The van der Waals surface area contributed by atoms with Crippen molar-refractivity contribution in [1.29, 1.82) is 0 Å². The summed E-state index contributed by atoms with van der Waals surface area (Å²) in [6.45, 7) is 0. The van der Waals surface area contributed by atoms with Gasteiger partial charge in [-0.05, 0) is 48.5 Å². The van der Waals surface area contributed by atoms with Crippen LogP contribution in [0.5, 0.6) is 0 Å². The molecule has 1 aromatic heterocycles. The van der Waals surface area contributed by atoms with Gasteiger partial charge in [0, 0.05) is 22.2 Å². The van der Waals surface area contributed by atoms with Gasteiger partial charge in [0.05, 0.1) is 0 Å². The molecule has 7 heteroatoms. The summed E-state index contributed by atoms with van der Waals surface area (Å²) in [6.07, 6.45) is 0. The summed E-state index contributed by atoms with van der Waals surface area (Å²) in [5, 5.41) is 13.7. The molecule has 0 radical (unpaired) electrons. The quantitative estimate of drug-likeness (QED) is 0.754. The first-order chi connectivity index (χ1) is 11.5. The normalized spacial score (nSPS) is 10.4. The summed E-state index contributed by atoms with van der Waals surface area (Å²) in [6, 6.07) is 12.1. The SMILES string of the molecule is O=C(Nc1ccc(-c2nc(C(=O)O)cs2)cc1)c1ccc(F)cc1. The summed E-state index contributed by atoms with van der Waals surface area (Å²) in [5.74, 6) is -1.81. The molecule has 0 fully saturated rings. The fraction of sp³-hybridized carbons (Fsp3) is 0. The molecule has 0 spiro atoms. The Morgan fingerprint density at radius 2 is 1.71 bits per heavy atom. The number of halogens is 1. The van der Waals surface area contributed by atoms with Crippen LogP contribution in [0.15, 0.2) is 53.9 Å². The number of hydrogen-bond donors (Lipinski definition) is 2. The molecule has 120 valence electrons. The number of nitrogens with one attached hydrogen (secondary N) is 1. The second-order valence-electron chi connectivity index (χ2n) is 4.88. The highest BCUT2D eigenvalue weighted by atomic mass is 32.1. The van der Waals surface area contributed by atoms with Gasteiger partial charge in [-0.1, -0.05) is 0 Å². The third-order valence-corrected chi connectivity index (χ3v) is 4.11. The Balaban J connectivity index is 1.73. The van der Waals surface area contributed by atoms with E-state index in [4.69, 9.17) is 5.11 Å². The van der Waals surface area contributed by atoms with E-state index >= 15 is 0 Å². The largest absolute Gasteiger partial charge is 0.476 e. The van der Waals surface area contributed by atoms with Crippen LogP contribution in [-0.4, -0.2) is 22.0 Å². The lowest BCUT2D eigenvalue weighted by Gasteiger charge is -2.06. The fourth-order valence-corrected chi connectivity index (χ4v) is 2.81. The molecular formula is C17H11FN2O3S. The van der Waals surface area contributed by atoms with E-state index < -0.39 is 11.8 Å². The molecular weight excluding hydrogens is 331 g/mol. The number of aromatic nitrogens is 1. The van der Waals surface area contributed by atoms with Gasteiger partial charge in [-0.3, -0.25) is 4.79 Å². The number of carbonyl (C=O) groups is 2. The zero-order chi connectivity index (χ0) is 17.1. The van der Waals surface area contributed by atoms with Gasteiger partial charge in [-0.2, -0.15) is 0 Å². The zero-order valence-electron chi connectivity index (χ0n) is 12.2. The number of rotatable bonds is 4. The van der Waals surface area contributed by atoms with E-state index in [0.29, 0.717) is 16.3 Å². The van der Waals surface area contributed by atoms with Crippen molar-refractivity contribution in [1.82, 2.24) is 4.98 Å². The number of carboxylic acids is 1. The van der Waals surface area contributed by atoms with Crippen molar-refractivity contribution < 1.29 is 19.1 Å². The Morgan fingerprint density at radius 1 is 1.04 bits per heavy atom. The van der Waals surface area contributed by atoms with Crippen molar-refractivity contribution in [3.05, 3.63) is 71.0 Å². The van der Waals surface area contributed by atoms with Crippen LogP contribution in [0.2, 0.25) is 0 Å². The predicted molar refractivity (Wildman–Crippen MR) is 88.9 cm³/mol. The molecule has 3 aromatic rings. The second-order valence-corrected chi connectivity index (χ2v) is 5.74. The fourth-order valence-electron chi connectivity index (χ4n) is 2.01. The molecule has 0 aliphatic rings. The molecule has 2 aromatic carbocycles. The van der Waals surface area contributed by atoms with Gasteiger partial charge < -0.3 is 10.4 Å². The monoisotopic (exact) mass is 342 g/mol. The molecule has 0 bridgehead atoms. The topological polar surface area (TPSA) is 79.3 Å². The molecule has 1 heterocycles. The maximum atomic E-state index is 12.9. The first-order valence-electron chi connectivity index (χ1n) is 6.89. The number of nitrogens with zero attached hydrogens (tertiary/aromatic N) is 1. The van der Waals surface area contributed by atoms with Crippen molar-refractivity contribution in [3.8, 4) is 10.6 Å². The van der Waals surface area contributed by atoms with Crippen molar-refractivity contribution in [2.24, 2.45) is 0 Å². The summed E-state index contributed by atoms with van der Waals surface area (Å²) >= 11 is 1.23. The van der Waals surface area contributed by atoms with Gasteiger partial charge >= 0.3 is 5.97 Å². The van der Waals surface area contributed by atoms with Crippen LogP contribution in [0.4, 0.5) is 10.1 Å². The maximum absolute atomic E-state index is 12.9. The minimum Gasteiger partial charge on any atom is -0.476 e. The van der Waals surface area contributed by atoms with Gasteiger partial charge in [0.15, 0.2) is 5.69 Å². The van der Waals surface area contributed by atoms with Crippen LogP contribution in [0, 0.1) is 5.82 Å². The number of carboxylic acid groups (broad SMARTS) is 1. The molecule has 3 rings (SSSR count). The summed E-state index contributed by atoms with van der Waals surface area (Å²) in [5.41, 5.74) is 1.69. The molecule has 2 N–H and O–H groups in total. The Hall–Kier alpha value is -3.06. The summed E-state index contributed by atoms with van der Waals surface area (Å²) < 4.78 is 12.9. The van der Waals surface area contributed by atoms with Gasteiger partial charge in [0.25, 0.3) is 5.91 Å². The summed E-state index contributed by atoms with van der Waals surface area (Å²) in [4.78, 5) is 26.9. The molecule has 0 saturated heterocycles. The molecule has 0 saturated carbocycles. The Labute approximate surface area is 140 Å². The lowest BCUT2D eigenvalue weighted by Crippen LogP contribution is -2.11. The molecule has 24 heavy (non-hydrogen) atoms. The van der Waals surface area contributed by atoms with Crippen LogP contribution in [-0.2, 0) is 0 Å². The number of carbonyl (C=O) groups excluding carboxylic acids is 1. The van der Waals surface area contributed by atoms with E-state index in [1.807, 2.05) is 0 Å². The highest BCUT2D eigenvalue weighted by Crippen LogP contribution is 2.25. The van der Waals surface area contributed by atoms with Crippen molar-refractivity contribution in [2.45, 2.75) is 0 Å². The smallest absolute Gasteiger partial charge is 0.355 e. The lowest BCUT2D eigenvalue weighted by molar-refractivity contribution is 0.0691.